The number of aliphatic hydroxyl groups is 1. The predicted octanol–water partition coefficient (Wildman–Crippen LogP) is 4.19. The second kappa shape index (κ2) is 13.0. The van der Waals surface area contributed by atoms with Gasteiger partial charge in [0, 0.05) is 26.2 Å². The molecule has 0 aliphatic carbocycles. The van der Waals surface area contributed by atoms with Crippen LogP contribution in [0.1, 0.15) is 51.5 Å². The Kier molecular flexibility index (Phi) is 10.3. The van der Waals surface area contributed by atoms with E-state index in [1.807, 2.05) is 39.8 Å². The lowest BCUT2D eigenvalue weighted by Gasteiger charge is -2.27. The fraction of sp³-hybridized carbons (Fsp3) is 0.630. The first kappa shape index (κ1) is 28.6. The average molecular weight is 509 g/mol. The highest BCUT2D eigenvalue weighted by Gasteiger charge is 2.44. The summed E-state index contributed by atoms with van der Waals surface area (Å²) in [5.74, 6) is 0.202. The molecule has 1 aromatic rings. The Balaban J connectivity index is 2.12. The van der Waals surface area contributed by atoms with Gasteiger partial charge in [-0.05, 0) is 38.8 Å². The van der Waals surface area contributed by atoms with E-state index < -0.39 is 18.2 Å². The second-order valence-corrected chi connectivity index (χ2v) is 9.43. The molecule has 0 saturated carbocycles. The van der Waals surface area contributed by atoms with Crippen molar-refractivity contribution >= 4 is 6.08 Å². The maximum absolute atomic E-state index is 11.2. The summed E-state index contributed by atoms with van der Waals surface area (Å²) in [5.41, 5.74) is 1.09. The molecule has 0 amide bonds. The zero-order chi connectivity index (χ0) is 26.3. The van der Waals surface area contributed by atoms with Crippen LogP contribution in [0.25, 0.3) is 6.08 Å². The van der Waals surface area contributed by atoms with Gasteiger partial charge >= 0.3 is 0 Å². The smallest absolute Gasteiger partial charge is 0.188 e. The van der Waals surface area contributed by atoms with Crippen LogP contribution in [-0.4, -0.2) is 70.2 Å². The molecule has 1 N–H and O–H groups in total. The van der Waals surface area contributed by atoms with E-state index in [1.54, 1.807) is 26.4 Å². The molecule has 0 radical (unpaired) electrons. The van der Waals surface area contributed by atoms with Gasteiger partial charge in [0.05, 0.1) is 24.9 Å². The van der Waals surface area contributed by atoms with Crippen LogP contribution >= 0.6 is 0 Å². The molecule has 2 aliphatic rings. The summed E-state index contributed by atoms with van der Waals surface area (Å²) in [6.07, 6.45) is 5.82. The molecule has 1 aromatic carbocycles. The first-order valence-electron chi connectivity index (χ1n) is 12.2. The van der Waals surface area contributed by atoms with Gasteiger partial charge in [0.2, 0.25) is 0 Å². The molecule has 0 spiro atoms. The SMILES string of the molecule is COCOc1cc(OC)cc2c1C(O)O[C@@H](C)[C@H](C)/C=C\CC1OC(C)(C)OC1C(OCOC)/C=C/2. The van der Waals surface area contributed by atoms with Gasteiger partial charge in [-0.15, -0.1) is 0 Å². The molecule has 0 aromatic heterocycles. The van der Waals surface area contributed by atoms with Crippen LogP contribution in [-0.2, 0) is 28.4 Å². The highest BCUT2D eigenvalue weighted by molar-refractivity contribution is 5.62. The van der Waals surface area contributed by atoms with Crippen LogP contribution in [0.5, 0.6) is 11.5 Å². The summed E-state index contributed by atoms with van der Waals surface area (Å²) in [5, 5.41) is 11.2. The van der Waals surface area contributed by atoms with Gasteiger partial charge in [-0.25, -0.2) is 0 Å². The highest BCUT2D eigenvalue weighted by Crippen LogP contribution is 2.38. The van der Waals surface area contributed by atoms with Crippen molar-refractivity contribution in [2.75, 3.05) is 34.9 Å². The predicted molar refractivity (Wildman–Crippen MR) is 134 cm³/mol. The molecule has 36 heavy (non-hydrogen) atoms. The zero-order valence-electron chi connectivity index (χ0n) is 22.3. The van der Waals surface area contributed by atoms with Gasteiger partial charge in [0.15, 0.2) is 18.9 Å². The highest BCUT2D eigenvalue weighted by atomic mass is 16.8. The van der Waals surface area contributed by atoms with Crippen LogP contribution < -0.4 is 9.47 Å². The number of aliphatic hydroxyl groups excluding tert-OH is 1. The summed E-state index contributed by atoms with van der Waals surface area (Å²) in [6, 6.07) is 3.50. The van der Waals surface area contributed by atoms with E-state index in [9.17, 15) is 5.11 Å². The lowest BCUT2D eigenvalue weighted by Crippen LogP contribution is -2.36. The first-order chi connectivity index (χ1) is 17.2. The Morgan fingerprint density at radius 3 is 2.47 bits per heavy atom. The van der Waals surface area contributed by atoms with Crippen molar-refractivity contribution < 1.29 is 43.0 Å². The van der Waals surface area contributed by atoms with Gasteiger partial charge < -0.3 is 43.0 Å². The van der Waals surface area contributed by atoms with Crippen molar-refractivity contribution in [2.24, 2.45) is 5.92 Å². The summed E-state index contributed by atoms with van der Waals surface area (Å²) >= 11 is 0. The van der Waals surface area contributed by atoms with E-state index in [1.165, 1.54) is 7.11 Å². The molecule has 4 unspecified atom stereocenters. The Labute approximate surface area is 213 Å². The summed E-state index contributed by atoms with van der Waals surface area (Å²) in [6.45, 7) is 7.82. The maximum atomic E-state index is 11.2. The van der Waals surface area contributed by atoms with E-state index in [4.69, 9.17) is 37.9 Å². The molecular weight excluding hydrogens is 468 g/mol. The van der Waals surface area contributed by atoms with Crippen LogP contribution in [0.2, 0.25) is 0 Å². The molecule has 6 atom stereocenters. The standard InChI is InChI=1S/C27H40O9/c1-17-9-8-10-22-25(36-27(3,4)35-22)21(32-15-29-5)12-11-19-13-20(31-7)14-23(33-16-30-6)24(19)26(28)34-18(17)2/h8-9,11-14,17-18,21-22,25-26,28H,10,15-16H2,1-7H3/b9-8-,12-11+/t17-,18+,21?,22?,25?,26?/m1/s1. The normalized spacial score (nSPS) is 32.1. The lowest BCUT2D eigenvalue weighted by atomic mass is 9.98. The third-order valence-corrected chi connectivity index (χ3v) is 6.24. The van der Waals surface area contributed by atoms with Crippen LogP contribution in [0.15, 0.2) is 30.4 Å². The fourth-order valence-electron chi connectivity index (χ4n) is 4.29. The maximum Gasteiger partial charge on any atom is 0.188 e. The van der Waals surface area contributed by atoms with Crippen LogP contribution in [0, 0.1) is 5.92 Å². The Morgan fingerprint density at radius 2 is 1.78 bits per heavy atom. The minimum Gasteiger partial charge on any atom is -0.497 e. The minimum absolute atomic E-state index is 0.00563. The fourth-order valence-corrected chi connectivity index (χ4v) is 4.29. The van der Waals surface area contributed by atoms with Crippen LogP contribution in [0.3, 0.4) is 0 Å². The molecule has 0 bridgehead atoms. The molecule has 2 heterocycles. The van der Waals surface area contributed by atoms with E-state index >= 15 is 0 Å². The Hall–Kier alpha value is -1.98. The molecule has 202 valence electrons. The quantitative estimate of drug-likeness (QED) is 0.430. The van der Waals surface area contributed by atoms with E-state index in [0.29, 0.717) is 29.0 Å². The van der Waals surface area contributed by atoms with E-state index in [0.717, 1.165) is 0 Å². The van der Waals surface area contributed by atoms with Crippen molar-refractivity contribution in [1.29, 1.82) is 0 Å². The third-order valence-electron chi connectivity index (χ3n) is 6.24. The minimum atomic E-state index is -1.26. The van der Waals surface area contributed by atoms with Crippen molar-refractivity contribution in [3.05, 3.63) is 41.5 Å². The number of rotatable bonds is 7. The average Bonchev–Trinajstić information content (AvgIpc) is 3.15. The third kappa shape index (κ3) is 7.29. The number of ether oxygens (including phenoxy) is 8. The van der Waals surface area contributed by atoms with Crippen LogP contribution in [0.4, 0.5) is 0 Å². The van der Waals surface area contributed by atoms with Crippen molar-refractivity contribution in [3.8, 4) is 11.5 Å². The summed E-state index contributed by atoms with van der Waals surface area (Å²) in [7, 11) is 4.67. The topological polar surface area (TPSA) is 94.1 Å². The van der Waals surface area contributed by atoms with Crippen molar-refractivity contribution in [3.63, 3.8) is 0 Å². The molecular formula is C27H40O9. The van der Waals surface area contributed by atoms with Gasteiger partial charge in [-0.3, -0.25) is 0 Å². The second-order valence-electron chi connectivity index (χ2n) is 9.43. The summed E-state index contributed by atoms with van der Waals surface area (Å²) in [4.78, 5) is 0. The number of hydrogen-bond acceptors (Lipinski definition) is 9. The first-order valence-corrected chi connectivity index (χ1v) is 12.2. The van der Waals surface area contributed by atoms with Gasteiger partial charge in [-0.2, -0.15) is 0 Å². The largest absolute Gasteiger partial charge is 0.497 e. The molecule has 9 nitrogen and oxygen atoms in total. The molecule has 1 saturated heterocycles. The van der Waals surface area contributed by atoms with Crippen molar-refractivity contribution in [2.45, 2.75) is 70.6 Å². The molecule has 2 aliphatic heterocycles. The zero-order valence-corrected chi connectivity index (χ0v) is 22.3. The van der Waals surface area contributed by atoms with Crippen molar-refractivity contribution in [1.82, 2.24) is 0 Å². The monoisotopic (exact) mass is 508 g/mol. The number of fused-ring (bicyclic) bond motifs is 2. The van der Waals surface area contributed by atoms with E-state index in [-0.39, 0.29) is 37.8 Å². The Bertz CT molecular complexity index is 897. The number of methoxy groups -OCH3 is 3. The molecule has 3 rings (SSSR count). The number of benzene rings is 1. The lowest BCUT2D eigenvalue weighted by molar-refractivity contribution is -0.163. The molecule has 1 fully saturated rings. The van der Waals surface area contributed by atoms with Gasteiger partial charge in [-0.1, -0.05) is 31.2 Å². The van der Waals surface area contributed by atoms with E-state index in [2.05, 4.69) is 12.2 Å². The van der Waals surface area contributed by atoms with Gasteiger partial charge in [0.25, 0.3) is 0 Å². The van der Waals surface area contributed by atoms with Gasteiger partial charge in [0.1, 0.15) is 30.5 Å². The number of hydrogen-bond donors (Lipinski definition) is 1. The molecule has 9 heteroatoms. The summed E-state index contributed by atoms with van der Waals surface area (Å²) < 4.78 is 46.1. The Morgan fingerprint density at radius 1 is 1.03 bits per heavy atom.